The van der Waals surface area contributed by atoms with Crippen LogP contribution >= 0.6 is 11.6 Å². The molecule has 0 aliphatic rings. The molecule has 7 heteroatoms. The van der Waals surface area contributed by atoms with E-state index in [9.17, 15) is 18.0 Å². The number of benzene rings is 1. The lowest BCUT2D eigenvalue weighted by Crippen LogP contribution is -2.40. The maximum atomic E-state index is 12.9. The summed E-state index contributed by atoms with van der Waals surface area (Å²) in [5.41, 5.74) is -1.20. The standard InChI is InChI=1S/C19H18ClF3N2O/c1-12(19(21,22)23)15-9-14(10-17(20)25-15)18(2,3)24-11-16(26)13-7-5-4-6-8-13/h4-10,24H,1,11H2,2-3H3. The van der Waals surface area contributed by atoms with Gasteiger partial charge in [0.05, 0.1) is 17.8 Å². The van der Waals surface area contributed by atoms with Crippen molar-refractivity contribution in [3.63, 3.8) is 0 Å². The minimum atomic E-state index is -4.60. The van der Waals surface area contributed by atoms with E-state index in [1.165, 1.54) is 12.1 Å². The lowest BCUT2D eigenvalue weighted by molar-refractivity contribution is -0.0689. The summed E-state index contributed by atoms with van der Waals surface area (Å²) in [5.74, 6) is -0.126. The number of alkyl halides is 3. The molecule has 0 spiro atoms. The van der Waals surface area contributed by atoms with Crippen molar-refractivity contribution in [1.82, 2.24) is 10.3 Å². The SMILES string of the molecule is C=C(c1cc(C(C)(C)NCC(=O)c2ccccc2)cc(Cl)n1)C(F)(F)F. The van der Waals surface area contributed by atoms with Crippen LogP contribution in [0, 0.1) is 0 Å². The third-order valence-corrected chi connectivity index (χ3v) is 4.15. The van der Waals surface area contributed by atoms with Gasteiger partial charge in [0, 0.05) is 11.1 Å². The normalized spacial score (nSPS) is 12.1. The first-order valence-corrected chi connectivity index (χ1v) is 8.16. The Labute approximate surface area is 154 Å². The van der Waals surface area contributed by atoms with Gasteiger partial charge in [-0.3, -0.25) is 4.79 Å². The molecule has 1 aromatic carbocycles. The van der Waals surface area contributed by atoms with Gasteiger partial charge in [0.15, 0.2) is 5.78 Å². The second kappa shape index (κ2) is 7.60. The number of Topliss-reactive ketones (excluding diaryl/α,β-unsaturated/α-hetero) is 1. The molecule has 0 aliphatic heterocycles. The van der Waals surface area contributed by atoms with Gasteiger partial charge in [0.1, 0.15) is 5.15 Å². The molecule has 0 bridgehead atoms. The Hall–Kier alpha value is -2.18. The molecule has 0 saturated carbocycles. The molecule has 0 unspecified atom stereocenters. The predicted octanol–water partition coefficient (Wildman–Crippen LogP) is 5.02. The number of nitrogens with zero attached hydrogens (tertiary/aromatic N) is 1. The lowest BCUT2D eigenvalue weighted by Gasteiger charge is -2.27. The largest absolute Gasteiger partial charge is 0.417 e. The Morgan fingerprint density at radius 2 is 1.81 bits per heavy atom. The van der Waals surface area contributed by atoms with E-state index in [1.807, 2.05) is 6.07 Å². The molecule has 0 saturated heterocycles. The van der Waals surface area contributed by atoms with Gasteiger partial charge in [-0.05, 0) is 31.5 Å². The molecule has 1 aromatic heterocycles. The summed E-state index contributed by atoms with van der Waals surface area (Å²) in [4.78, 5) is 15.9. The van der Waals surface area contributed by atoms with Crippen LogP contribution in [-0.4, -0.2) is 23.5 Å². The summed E-state index contributed by atoms with van der Waals surface area (Å²) < 4.78 is 38.7. The summed E-state index contributed by atoms with van der Waals surface area (Å²) in [5, 5.41) is 2.98. The second-order valence-corrected chi connectivity index (χ2v) is 6.70. The molecule has 2 aromatic rings. The molecule has 138 valence electrons. The van der Waals surface area contributed by atoms with Gasteiger partial charge < -0.3 is 5.32 Å². The fraction of sp³-hybridized carbons (Fsp3) is 0.263. The Balaban J connectivity index is 2.21. The van der Waals surface area contributed by atoms with Crippen LogP contribution in [0.3, 0.4) is 0 Å². The summed E-state index contributed by atoms with van der Waals surface area (Å²) in [6.45, 7) is 6.57. The third kappa shape index (κ3) is 4.93. The van der Waals surface area contributed by atoms with Crippen molar-refractivity contribution >= 4 is 23.0 Å². The van der Waals surface area contributed by atoms with Crippen molar-refractivity contribution in [3.05, 3.63) is 71.0 Å². The number of pyridine rings is 1. The summed E-state index contributed by atoms with van der Waals surface area (Å²) in [6.07, 6.45) is -4.60. The lowest BCUT2D eigenvalue weighted by atomic mass is 9.93. The predicted molar refractivity (Wildman–Crippen MR) is 96.1 cm³/mol. The second-order valence-electron chi connectivity index (χ2n) is 6.31. The highest BCUT2D eigenvalue weighted by molar-refractivity contribution is 6.29. The van der Waals surface area contributed by atoms with Gasteiger partial charge in [0.25, 0.3) is 0 Å². The molecule has 0 fully saturated rings. The molecule has 0 radical (unpaired) electrons. The van der Waals surface area contributed by atoms with E-state index < -0.39 is 17.3 Å². The fourth-order valence-corrected chi connectivity index (χ4v) is 2.50. The highest BCUT2D eigenvalue weighted by atomic mass is 35.5. The van der Waals surface area contributed by atoms with E-state index in [-0.39, 0.29) is 23.2 Å². The number of aromatic nitrogens is 1. The average Bonchev–Trinajstić information content (AvgIpc) is 2.58. The van der Waals surface area contributed by atoms with Gasteiger partial charge in [-0.25, -0.2) is 4.98 Å². The van der Waals surface area contributed by atoms with Crippen LogP contribution in [0.1, 0.15) is 35.5 Å². The Morgan fingerprint density at radius 3 is 2.38 bits per heavy atom. The molecular formula is C19H18ClF3N2O. The van der Waals surface area contributed by atoms with Crippen LogP contribution in [0.5, 0.6) is 0 Å². The van der Waals surface area contributed by atoms with Gasteiger partial charge in [-0.1, -0.05) is 48.5 Å². The number of allylic oxidation sites excluding steroid dienone is 1. The van der Waals surface area contributed by atoms with E-state index >= 15 is 0 Å². The Morgan fingerprint density at radius 1 is 1.19 bits per heavy atom. The van der Waals surface area contributed by atoms with Crippen LogP contribution in [-0.2, 0) is 5.54 Å². The maximum Gasteiger partial charge on any atom is 0.417 e. The minimum Gasteiger partial charge on any atom is -0.301 e. The van der Waals surface area contributed by atoms with Gasteiger partial charge in [0.2, 0.25) is 0 Å². The highest BCUT2D eigenvalue weighted by Crippen LogP contribution is 2.34. The number of carbonyl (C=O) groups is 1. The van der Waals surface area contributed by atoms with Crippen molar-refractivity contribution in [1.29, 1.82) is 0 Å². The third-order valence-electron chi connectivity index (χ3n) is 3.95. The summed E-state index contributed by atoms with van der Waals surface area (Å²) >= 11 is 5.89. The van der Waals surface area contributed by atoms with E-state index in [4.69, 9.17) is 11.6 Å². The number of ketones is 1. The quantitative estimate of drug-likeness (QED) is 0.563. The number of carbonyl (C=O) groups excluding carboxylic acids is 1. The topological polar surface area (TPSA) is 42.0 Å². The van der Waals surface area contributed by atoms with E-state index in [0.717, 1.165) is 0 Å². The van der Waals surface area contributed by atoms with E-state index in [2.05, 4.69) is 16.9 Å². The molecule has 0 atom stereocenters. The zero-order valence-electron chi connectivity index (χ0n) is 14.3. The van der Waals surface area contributed by atoms with Crippen molar-refractivity contribution in [2.24, 2.45) is 0 Å². The molecule has 1 heterocycles. The summed E-state index contributed by atoms with van der Waals surface area (Å²) in [6, 6.07) is 11.5. The van der Waals surface area contributed by atoms with E-state index in [1.54, 1.807) is 38.1 Å². The zero-order valence-corrected chi connectivity index (χ0v) is 15.1. The van der Waals surface area contributed by atoms with Gasteiger partial charge in [-0.2, -0.15) is 13.2 Å². The van der Waals surface area contributed by atoms with Crippen LogP contribution in [0.4, 0.5) is 13.2 Å². The van der Waals surface area contributed by atoms with E-state index in [0.29, 0.717) is 11.1 Å². The van der Waals surface area contributed by atoms with Crippen molar-refractivity contribution in [3.8, 4) is 0 Å². The molecule has 3 nitrogen and oxygen atoms in total. The molecular weight excluding hydrogens is 365 g/mol. The number of nitrogens with one attached hydrogen (secondary N) is 1. The van der Waals surface area contributed by atoms with Crippen LogP contribution in [0.2, 0.25) is 5.15 Å². The van der Waals surface area contributed by atoms with Crippen LogP contribution in [0.15, 0.2) is 49.0 Å². The Kier molecular flexibility index (Phi) is 5.88. The van der Waals surface area contributed by atoms with Crippen molar-refractivity contribution < 1.29 is 18.0 Å². The average molecular weight is 383 g/mol. The Bertz CT molecular complexity index is 817. The highest BCUT2D eigenvalue weighted by Gasteiger charge is 2.35. The first-order chi connectivity index (χ1) is 12.0. The number of rotatable bonds is 6. The van der Waals surface area contributed by atoms with Crippen molar-refractivity contribution in [2.75, 3.05) is 6.54 Å². The fourth-order valence-electron chi connectivity index (χ4n) is 2.29. The molecule has 26 heavy (non-hydrogen) atoms. The molecule has 0 amide bonds. The zero-order chi connectivity index (χ0) is 19.5. The van der Waals surface area contributed by atoms with Crippen LogP contribution in [0.25, 0.3) is 5.57 Å². The molecule has 0 aliphatic carbocycles. The van der Waals surface area contributed by atoms with Crippen molar-refractivity contribution in [2.45, 2.75) is 25.6 Å². The maximum absolute atomic E-state index is 12.9. The summed E-state index contributed by atoms with van der Waals surface area (Å²) in [7, 11) is 0. The monoisotopic (exact) mass is 382 g/mol. The first-order valence-electron chi connectivity index (χ1n) is 7.78. The number of hydrogen-bond donors (Lipinski definition) is 1. The molecule has 1 N–H and O–H groups in total. The van der Waals surface area contributed by atoms with Gasteiger partial charge >= 0.3 is 6.18 Å². The van der Waals surface area contributed by atoms with Gasteiger partial charge in [-0.15, -0.1) is 0 Å². The smallest absolute Gasteiger partial charge is 0.301 e. The number of halogens is 4. The first kappa shape index (κ1) is 20.1. The minimum absolute atomic E-state index is 0.0203. The molecule has 2 rings (SSSR count). The van der Waals surface area contributed by atoms with Crippen LogP contribution < -0.4 is 5.32 Å². The number of hydrogen-bond acceptors (Lipinski definition) is 3.